The molecule has 1 aromatic rings. The molecule has 0 radical (unpaired) electrons. The maximum Gasteiger partial charge on any atom is 0.300 e. The Morgan fingerprint density at radius 2 is 2.20 bits per heavy atom. The van der Waals surface area contributed by atoms with Crippen LogP contribution in [0.3, 0.4) is 0 Å². The minimum absolute atomic E-state index is 0.287. The number of aromatic nitrogens is 2. The molecule has 0 saturated heterocycles. The lowest BCUT2D eigenvalue weighted by molar-refractivity contribution is 0.589. The first-order valence-electron chi connectivity index (χ1n) is 4.77. The summed E-state index contributed by atoms with van der Waals surface area (Å²) in [7, 11) is -3.48. The van der Waals surface area contributed by atoms with E-state index in [4.69, 9.17) is 0 Å². The van der Waals surface area contributed by atoms with Gasteiger partial charge in [0.05, 0.1) is 0 Å². The van der Waals surface area contributed by atoms with E-state index in [1.165, 1.54) is 0 Å². The average molecular weight is 232 g/mol. The van der Waals surface area contributed by atoms with E-state index in [2.05, 4.69) is 19.6 Å². The molecule has 0 unspecified atom stereocenters. The monoisotopic (exact) mass is 232 g/mol. The number of H-pyrrole nitrogens is 1. The molecule has 0 saturated carbocycles. The van der Waals surface area contributed by atoms with Gasteiger partial charge >= 0.3 is 0 Å². The van der Waals surface area contributed by atoms with Crippen LogP contribution in [0, 0.1) is 0 Å². The van der Waals surface area contributed by atoms with Gasteiger partial charge in [0.1, 0.15) is 0 Å². The standard InChI is InChI=1S/C8H16N4O2S/c1-4-9-15(13,14)12-8-5-7(6(2)3)10-11-8/h5-6,9H,4H2,1-3H3,(H2,10,11,12). The third-order valence-electron chi connectivity index (χ3n) is 1.79. The zero-order chi connectivity index (χ0) is 11.5. The maximum absolute atomic E-state index is 11.3. The minimum atomic E-state index is -3.48. The van der Waals surface area contributed by atoms with Crippen molar-refractivity contribution in [3.8, 4) is 0 Å². The van der Waals surface area contributed by atoms with Crippen LogP contribution in [0.15, 0.2) is 6.07 Å². The van der Waals surface area contributed by atoms with Gasteiger partial charge in [-0.15, -0.1) is 0 Å². The molecule has 0 bridgehead atoms. The summed E-state index contributed by atoms with van der Waals surface area (Å²) < 4.78 is 27.2. The summed E-state index contributed by atoms with van der Waals surface area (Å²) in [5.41, 5.74) is 0.893. The largest absolute Gasteiger partial charge is 0.300 e. The van der Waals surface area contributed by atoms with Gasteiger partial charge < -0.3 is 0 Å². The number of rotatable bonds is 5. The van der Waals surface area contributed by atoms with Gasteiger partial charge in [0.15, 0.2) is 5.82 Å². The van der Waals surface area contributed by atoms with E-state index in [0.29, 0.717) is 12.4 Å². The fourth-order valence-corrected chi connectivity index (χ4v) is 1.88. The summed E-state index contributed by atoms with van der Waals surface area (Å²) in [5.74, 6) is 0.592. The highest BCUT2D eigenvalue weighted by atomic mass is 32.2. The zero-order valence-electron chi connectivity index (χ0n) is 9.03. The molecule has 0 aliphatic heterocycles. The van der Waals surface area contributed by atoms with E-state index in [1.54, 1.807) is 13.0 Å². The van der Waals surface area contributed by atoms with Crippen molar-refractivity contribution in [1.29, 1.82) is 0 Å². The second kappa shape index (κ2) is 4.63. The molecule has 7 heteroatoms. The molecular formula is C8H16N4O2S. The van der Waals surface area contributed by atoms with Crippen LogP contribution in [-0.2, 0) is 10.2 Å². The lowest BCUT2D eigenvalue weighted by Gasteiger charge is -2.03. The van der Waals surface area contributed by atoms with Gasteiger partial charge in [0.2, 0.25) is 0 Å². The normalized spacial score (nSPS) is 12.0. The summed E-state index contributed by atoms with van der Waals surface area (Å²) in [6, 6.07) is 1.68. The number of nitrogens with one attached hydrogen (secondary N) is 3. The van der Waals surface area contributed by atoms with Crippen molar-refractivity contribution in [2.75, 3.05) is 11.3 Å². The van der Waals surface area contributed by atoms with Gasteiger partial charge in [-0.2, -0.15) is 18.2 Å². The Kier molecular flexibility index (Phi) is 3.70. The van der Waals surface area contributed by atoms with Crippen LogP contribution in [0.1, 0.15) is 32.4 Å². The second-order valence-corrected chi connectivity index (χ2v) is 4.97. The molecule has 0 fully saturated rings. The summed E-state index contributed by atoms with van der Waals surface area (Å²) >= 11 is 0. The van der Waals surface area contributed by atoms with Crippen molar-refractivity contribution in [2.45, 2.75) is 26.7 Å². The van der Waals surface area contributed by atoms with Gasteiger partial charge in [-0.1, -0.05) is 20.8 Å². The molecule has 0 amide bonds. The fourth-order valence-electron chi connectivity index (χ4n) is 1.05. The molecule has 3 N–H and O–H groups in total. The van der Waals surface area contributed by atoms with Crippen LogP contribution in [0.5, 0.6) is 0 Å². The summed E-state index contributed by atoms with van der Waals surface area (Å²) in [4.78, 5) is 0. The first-order chi connectivity index (χ1) is 6.94. The highest BCUT2D eigenvalue weighted by Gasteiger charge is 2.11. The van der Waals surface area contributed by atoms with Crippen LogP contribution < -0.4 is 9.44 Å². The van der Waals surface area contributed by atoms with Crippen molar-refractivity contribution < 1.29 is 8.42 Å². The molecule has 0 spiro atoms. The third kappa shape index (κ3) is 3.52. The Morgan fingerprint density at radius 3 is 2.67 bits per heavy atom. The van der Waals surface area contributed by atoms with Crippen molar-refractivity contribution in [1.82, 2.24) is 14.9 Å². The van der Waals surface area contributed by atoms with E-state index >= 15 is 0 Å². The Morgan fingerprint density at radius 1 is 1.53 bits per heavy atom. The summed E-state index contributed by atoms with van der Waals surface area (Å²) in [5, 5.41) is 6.61. The Labute approximate surface area is 89.6 Å². The first-order valence-corrected chi connectivity index (χ1v) is 6.25. The molecule has 6 nitrogen and oxygen atoms in total. The minimum Gasteiger partial charge on any atom is -0.280 e. The topological polar surface area (TPSA) is 86.9 Å². The highest BCUT2D eigenvalue weighted by Crippen LogP contribution is 2.15. The number of nitrogens with zero attached hydrogens (tertiary/aromatic N) is 1. The van der Waals surface area contributed by atoms with Gasteiger partial charge in [0.25, 0.3) is 10.2 Å². The van der Waals surface area contributed by atoms with E-state index in [-0.39, 0.29) is 5.92 Å². The van der Waals surface area contributed by atoms with Crippen LogP contribution in [0.4, 0.5) is 5.82 Å². The molecule has 0 aliphatic carbocycles. The van der Waals surface area contributed by atoms with Crippen molar-refractivity contribution >= 4 is 16.0 Å². The molecule has 0 atom stereocenters. The van der Waals surface area contributed by atoms with Gasteiger partial charge in [-0.3, -0.25) is 9.82 Å². The van der Waals surface area contributed by atoms with Crippen molar-refractivity contribution in [2.24, 2.45) is 0 Å². The lowest BCUT2D eigenvalue weighted by Crippen LogP contribution is -2.29. The Bertz CT molecular complexity index is 410. The smallest absolute Gasteiger partial charge is 0.280 e. The summed E-state index contributed by atoms with van der Waals surface area (Å²) in [6.07, 6.45) is 0. The van der Waals surface area contributed by atoms with Gasteiger partial charge in [0, 0.05) is 18.3 Å². The number of anilines is 1. The highest BCUT2D eigenvalue weighted by molar-refractivity contribution is 7.90. The van der Waals surface area contributed by atoms with E-state index in [1.807, 2.05) is 13.8 Å². The molecule has 86 valence electrons. The molecule has 0 aliphatic rings. The zero-order valence-corrected chi connectivity index (χ0v) is 9.85. The maximum atomic E-state index is 11.3. The summed E-state index contributed by atoms with van der Waals surface area (Å²) in [6.45, 7) is 6.05. The van der Waals surface area contributed by atoms with E-state index in [9.17, 15) is 8.42 Å². The quantitative estimate of drug-likeness (QED) is 0.701. The van der Waals surface area contributed by atoms with Gasteiger partial charge in [-0.05, 0) is 5.92 Å². The predicted molar refractivity (Wildman–Crippen MR) is 58.9 cm³/mol. The Hall–Kier alpha value is -1.08. The molecule has 15 heavy (non-hydrogen) atoms. The molecule has 1 aromatic heterocycles. The second-order valence-electron chi connectivity index (χ2n) is 3.47. The SMILES string of the molecule is CCNS(=O)(=O)Nc1cc(C(C)C)[nH]n1. The lowest BCUT2D eigenvalue weighted by atomic mass is 10.1. The predicted octanol–water partition coefficient (Wildman–Crippen LogP) is 0.799. The number of hydrogen-bond acceptors (Lipinski definition) is 3. The van der Waals surface area contributed by atoms with Crippen LogP contribution >= 0.6 is 0 Å². The van der Waals surface area contributed by atoms with Crippen LogP contribution in [-0.4, -0.2) is 25.2 Å². The average Bonchev–Trinajstić information content (AvgIpc) is 2.51. The van der Waals surface area contributed by atoms with Crippen LogP contribution in [0.2, 0.25) is 0 Å². The van der Waals surface area contributed by atoms with Crippen molar-refractivity contribution in [3.05, 3.63) is 11.8 Å². The number of hydrogen-bond donors (Lipinski definition) is 3. The van der Waals surface area contributed by atoms with E-state index < -0.39 is 10.2 Å². The molecule has 0 aromatic carbocycles. The van der Waals surface area contributed by atoms with Gasteiger partial charge in [-0.25, -0.2) is 0 Å². The van der Waals surface area contributed by atoms with Crippen LogP contribution in [0.25, 0.3) is 0 Å². The fraction of sp³-hybridized carbons (Fsp3) is 0.625. The molecular weight excluding hydrogens is 216 g/mol. The Balaban J connectivity index is 2.73. The molecule has 1 rings (SSSR count). The van der Waals surface area contributed by atoms with E-state index in [0.717, 1.165) is 5.69 Å². The first kappa shape index (κ1) is 12.0. The third-order valence-corrected chi connectivity index (χ3v) is 2.94. The number of aromatic amines is 1. The molecule has 1 heterocycles. The van der Waals surface area contributed by atoms with Crippen molar-refractivity contribution in [3.63, 3.8) is 0 Å².